The van der Waals surface area contributed by atoms with Crippen LogP contribution in [0.5, 0.6) is 5.75 Å². The van der Waals surface area contributed by atoms with E-state index < -0.39 is 5.54 Å². The number of nitrogens with zero attached hydrogens (tertiary/aromatic N) is 4. The van der Waals surface area contributed by atoms with Crippen molar-refractivity contribution < 1.29 is 9.53 Å². The van der Waals surface area contributed by atoms with E-state index in [4.69, 9.17) is 4.74 Å². The van der Waals surface area contributed by atoms with Crippen molar-refractivity contribution in [2.75, 3.05) is 74.3 Å². The largest absolute Gasteiger partial charge is 0.495 e. The average Bonchev–Trinajstić information content (AvgIpc) is 2.96. The highest BCUT2D eigenvalue weighted by atomic mass is 16.5. The molecule has 0 fully saturated rings. The van der Waals surface area contributed by atoms with Gasteiger partial charge in [-0.05, 0) is 59.7 Å². The first-order chi connectivity index (χ1) is 19.2. The third-order valence-corrected chi connectivity index (χ3v) is 7.62. The van der Waals surface area contributed by atoms with Crippen LogP contribution in [0, 0.1) is 0 Å². The molecule has 0 atom stereocenters. The van der Waals surface area contributed by atoms with Gasteiger partial charge in [0.05, 0.1) is 18.5 Å². The Morgan fingerprint density at radius 2 is 1.18 bits per heavy atom. The summed E-state index contributed by atoms with van der Waals surface area (Å²) in [6, 6.07) is 30.6. The van der Waals surface area contributed by atoms with Crippen molar-refractivity contribution in [3.63, 3.8) is 0 Å². The van der Waals surface area contributed by atoms with Gasteiger partial charge in [-0.25, -0.2) is 4.79 Å². The minimum Gasteiger partial charge on any atom is -0.495 e. The summed E-state index contributed by atoms with van der Waals surface area (Å²) >= 11 is 0. The molecule has 5 rings (SSSR count). The Kier molecular flexibility index (Phi) is 7.06. The fraction of sp³-hybridized carbons (Fsp3) is 0.242. The molecule has 0 radical (unpaired) electrons. The SMILES string of the molecule is COc1ccccc1N1C(=O)Nc2cc(N(C)C)ccc2C1(c1ccc(N(C)C)cc1)c1ccc(N(C)C)cc1. The van der Waals surface area contributed by atoms with Gasteiger partial charge < -0.3 is 24.8 Å². The van der Waals surface area contributed by atoms with Crippen LogP contribution in [-0.2, 0) is 5.54 Å². The first kappa shape index (κ1) is 26.9. The lowest BCUT2D eigenvalue weighted by Gasteiger charge is -2.49. The van der Waals surface area contributed by atoms with E-state index in [1.165, 1.54) is 0 Å². The summed E-state index contributed by atoms with van der Waals surface area (Å²) in [4.78, 5) is 22.4. The minimum absolute atomic E-state index is 0.235. The summed E-state index contributed by atoms with van der Waals surface area (Å²) in [5.41, 5.74) is 6.53. The van der Waals surface area contributed by atoms with Crippen molar-refractivity contribution in [1.82, 2.24) is 0 Å². The topological polar surface area (TPSA) is 51.3 Å². The van der Waals surface area contributed by atoms with E-state index >= 15 is 0 Å². The Hall–Kier alpha value is -4.65. The van der Waals surface area contributed by atoms with Crippen LogP contribution in [0.1, 0.15) is 16.7 Å². The molecular weight excluding hydrogens is 498 g/mol. The van der Waals surface area contributed by atoms with Gasteiger partial charge in [-0.2, -0.15) is 0 Å². The van der Waals surface area contributed by atoms with Crippen molar-refractivity contribution in [2.24, 2.45) is 0 Å². The fourth-order valence-electron chi connectivity index (χ4n) is 5.52. The number of fused-ring (bicyclic) bond motifs is 1. The Morgan fingerprint density at radius 3 is 1.68 bits per heavy atom. The molecule has 1 aliphatic rings. The van der Waals surface area contributed by atoms with E-state index in [1.54, 1.807) is 7.11 Å². The molecular formula is C33H37N5O2. The van der Waals surface area contributed by atoms with Gasteiger partial charge in [-0.1, -0.05) is 42.5 Å². The van der Waals surface area contributed by atoms with E-state index in [-0.39, 0.29) is 6.03 Å². The molecule has 2 amide bonds. The molecule has 0 saturated carbocycles. The molecule has 0 spiro atoms. The predicted octanol–water partition coefficient (Wildman–Crippen LogP) is 6.24. The third kappa shape index (κ3) is 4.37. The van der Waals surface area contributed by atoms with Crippen LogP contribution in [0.25, 0.3) is 0 Å². The maximum absolute atomic E-state index is 14.3. The smallest absolute Gasteiger partial charge is 0.327 e. The lowest BCUT2D eigenvalue weighted by atomic mass is 9.73. The van der Waals surface area contributed by atoms with Crippen LogP contribution in [0.2, 0.25) is 0 Å². The normalized spacial score (nSPS) is 13.8. The maximum Gasteiger partial charge on any atom is 0.327 e. The zero-order valence-electron chi connectivity index (χ0n) is 24.3. The summed E-state index contributed by atoms with van der Waals surface area (Å²) < 4.78 is 5.81. The predicted molar refractivity (Wildman–Crippen MR) is 167 cm³/mol. The number of carbonyl (C=O) groups excluding carboxylic acids is 1. The van der Waals surface area contributed by atoms with Gasteiger partial charge in [0.15, 0.2) is 0 Å². The highest BCUT2D eigenvalue weighted by molar-refractivity contribution is 6.09. The number of urea groups is 1. The third-order valence-electron chi connectivity index (χ3n) is 7.62. The molecule has 0 aliphatic carbocycles. The zero-order chi connectivity index (χ0) is 28.6. The maximum atomic E-state index is 14.3. The number of hydrogen-bond acceptors (Lipinski definition) is 5. The van der Waals surface area contributed by atoms with Crippen LogP contribution >= 0.6 is 0 Å². The Morgan fingerprint density at radius 1 is 0.675 bits per heavy atom. The van der Waals surface area contributed by atoms with E-state index in [0.29, 0.717) is 11.4 Å². The second-order valence-electron chi connectivity index (χ2n) is 10.7. The second kappa shape index (κ2) is 10.5. The number of benzene rings is 4. The summed E-state index contributed by atoms with van der Waals surface area (Å²) in [6.45, 7) is 0. The number of para-hydroxylation sites is 2. The van der Waals surface area contributed by atoms with E-state index in [2.05, 4.69) is 75.8 Å². The summed E-state index contributed by atoms with van der Waals surface area (Å²) in [6.07, 6.45) is 0. The quantitative estimate of drug-likeness (QED) is 0.304. The Balaban J connectivity index is 1.91. The molecule has 0 aromatic heterocycles. The number of nitrogens with one attached hydrogen (secondary N) is 1. The number of ether oxygens (including phenoxy) is 1. The molecule has 0 saturated heterocycles. The molecule has 4 aromatic carbocycles. The van der Waals surface area contributed by atoms with Gasteiger partial charge in [0.1, 0.15) is 11.3 Å². The first-order valence-electron chi connectivity index (χ1n) is 13.3. The summed E-state index contributed by atoms with van der Waals surface area (Å²) in [5.74, 6) is 0.616. The van der Waals surface area contributed by atoms with Crippen LogP contribution in [-0.4, -0.2) is 55.4 Å². The van der Waals surface area contributed by atoms with Crippen LogP contribution < -0.4 is 29.7 Å². The Labute approximate surface area is 237 Å². The molecule has 1 aliphatic heterocycles. The second-order valence-corrected chi connectivity index (χ2v) is 10.7. The van der Waals surface area contributed by atoms with Gasteiger partial charge in [0.2, 0.25) is 0 Å². The molecule has 0 unspecified atom stereocenters. The van der Waals surface area contributed by atoms with Gasteiger partial charge >= 0.3 is 6.03 Å². The molecule has 0 bridgehead atoms. The standard InChI is InChI=1S/C33H37N5O2/c1-35(2)25-16-12-23(13-17-25)33(24-14-18-26(19-15-24)36(3)4)28-21-20-27(37(5)6)22-29(28)34-32(39)38(33)30-10-8-9-11-31(30)40-7/h8-22H,1-7H3,(H,34,39). The number of hydrogen-bond donors (Lipinski definition) is 1. The van der Waals surface area contributed by atoms with Gasteiger partial charge in [-0.3, -0.25) is 4.90 Å². The lowest BCUT2D eigenvalue weighted by Crippen LogP contribution is -2.56. The number of rotatable bonds is 7. The highest BCUT2D eigenvalue weighted by Crippen LogP contribution is 2.52. The number of amides is 2. The lowest BCUT2D eigenvalue weighted by molar-refractivity contribution is 0.251. The van der Waals surface area contributed by atoms with Crippen molar-refractivity contribution in [3.05, 3.63) is 108 Å². The molecule has 4 aromatic rings. The summed E-state index contributed by atoms with van der Waals surface area (Å²) in [7, 11) is 13.7. The molecule has 40 heavy (non-hydrogen) atoms. The highest BCUT2D eigenvalue weighted by Gasteiger charge is 2.51. The minimum atomic E-state index is -0.993. The van der Waals surface area contributed by atoms with Crippen molar-refractivity contribution >= 4 is 34.5 Å². The van der Waals surface area contributed by atoms with Crippen LogP contribution in [0.15, 0.2) is 91.0 Å². The van der Waals surface area contributed by atoms with Crippen molar-refractivity contribution in [3.8, 4) is 5.75 Å². The van der Waals surface area contributed by atoms with E-state index in [9.17, 15) is 4.79 Å². The number of anilines is 5. The molecule has 1 heterocycles. The Bertz CT molecular complexity index is 1460. The summed E-state index contributed by atoms with van der Waals surface area (Å²) in [5, 5.41) is 3.20. The fourth-order valence-corrected chi connectivity index (χ4v) is 5.52. The zero-order valence-corrected chi connectivity index (χ0v) is 24.3. The van der Waals surface area contributed by atoms with Crippen molar-refractivity contribution in [1.29, 1.82) is 0 Å². The van der Waals surface area contributed by atoms with Crippen molar-refractivity contribution in [2.45, 2.75) is 5.54 Å². The average molecular weight is 536 g/mol. The van der Waals surface area contributed by atoms with Gasteiger partial charge in [0.25, 0.3) is 0 Å². The van der Waals surface area contributed by atoms with Crippen LogP contribution in [0.4, 0.5) is 33.2 Å². The van der Waals surface area contributed by atoms with Crippen LogP contribution in [0.3, 0.4) is 0 Å². The number of carbonyl (C=O) groups is 1. The van der Waals surface area contributed by atoms with E-state index in [0.717, 1.165) is 39.4 Å². The molecule has 7 heteroatoms. The monoisotopic (exact) mass is 535 g/mol. The molecule has 206 valence electrons. The first-order valence-corrected chi connectivity index (χ1v) is 13.3. The van der Waals surface area contributed by atoms with Gasteiger partial charge in [0, 0.05) is 64.9 Å². The van der Waals surface area contributed by atoms with E-state index in [1.807, 2.05) is 82.4 Å². The number of methoxy groups -OCH3 is 1. The van der Waals surface area contributed by atoms with Gasteiger partial charge in [-0.15, -0.1) is 0 Å². The molecule has 7 nitrogen and oxygen atoms in total. The molecule has 1 N–H and O–H groups in total.